The van der Waals surface area contributed by atoms with Crippen LogP contribution in [0, 0.1) is 0 Å². The molecule has 106 valence electrons. The van der Waals surface area contributed by atoms with Crippen LogP contribution in [0.25, 0.3) is 0 Å². The van der Waals surface area contributed by atoms with E-state index in [-0.39, 0.29) is 11.8 Å². The van der Waals surface area contributed by atoms with Gasteiger partial charge in [-0.05, 0) is 63.6 Å². The lowest BCUT2D eigenvalue weighted by molar-refractivity contribution is 0.0824. The van der Waals surface area contributed by atoms with Crippen LogP contribution >= 0.6 is 23.4 Å². The quantitative estimate of drug-likeness (QED) is 0.710. The highest BCUT2D eigenvalue weighted by Gasteiger charge is 2.22. The summed E-state index contributed by atoms with van der Waals surface area (Å²) in [7, 11) is 2.02. The van der Waals surface area contributed by atoms with Crippen LogP contribution in [-0.4, -0.2) is 41.8 Å². The summed E-state index contributed by atoms with van der Waals surface area (Å²) in [5.41, 5.74) is 0.723. The number of likely N-dealkylation sites (N-methyl/N-ethyl adjacent to an activating group) is 1. The smallest absolute Gasteiger partial charge is 0.179 e. The number of hydrogen-bond acceptors (Lipinski definition) is 3. The van der Waals surface area contributed by atoms with Gasteiger partial charge in [-0.1, -0.05) is 11.6 Å². The molecule has 0 saturated heterocycles. The fraction of sp³-hybridized carbons (Fsp3) is 0.533. The molecule has 2 unspecified atom stereocenters. The highest BCUT2D eigenvalue weighted by Crippen LogP contribution is 2.15. The summed E-state index contributed by atoms with van der Waals surface area (Å²) in [6.07, 6.45) is 3.20. The molecule has 2 atom stereocenters. The zero-order valence-corrected chi connectivity index (χ0v) is 13.6. The molecule has 1 aromatic rings. The second-order valence-electron chi connectivity index (χ2n) is 4.84. The Kier molecular flexibility index (Phi) is 6.90. The summed E-state index contributed by atoms with van der Waals surface area (Å²) >= 11 is 7.68. The van der Waals surface area contributed by atoms with Gasteiger partial charge in [0.1, 0.15) is 0 Å². The zero-order valence-electron chi connectivity index (χ0n) is 12.0. The van der Waals surface area contributed by atoms with Crippen molar-refractivity contribution in [3.63, 3.8) is 0 Å². The van der Waals surface area contributed by atoms with Gasteiger partial charge in [0.25, 0.3) is 0 Å². The Morgan fingerprint density at radius 1 is 1.32 bits per heavy atom. The highest BCUT2D eigenvalue weighted by atomic mass is 35.5. The van der Waals surface area contributed by atoms with E-state index < -0.39 is 0 Å². The van der Waals surface area contributed by atoms with E-state index in [1.807, 2.05) is 25.7 Å². The summed E-state index contributed by atoms with van der Waals surface area (Å²) in [5.74, 6) is 1.27. The molecule has 0 saturated carbocycles. The SMILES string of the molecule is CSCCC(C)N(C)C(C)C(=O)c1ccc(Cl)cc1. The molecule has 0 heterocycles. The predicted octanol–water partition coefficient (Wildman–Crippen LogP) is 3.98. The Labute approximate surface area is 125 Å². The van der Waals surface area contributed by atoms with E-state index in [0.717, 1.165) is 17.7 Å². The topological polar surface area (TPSA) is 20.3 Å². The van der Waals surface area contributed by atoms with Gasteiger partial charge in [-0.25, -0.2) is 0 Å². The lowest BCUT2D eigenvalue weighted by Gasteiger charge is -2.29. The molecule has 0 N–H and O–H groups in total. The van der Waals surface area contributed by atoms with E-state index >= 15 is 0 Å². The van der Waals surface area contributed by atoms with Crippen molar-refractivity contribution in [2.75, 3.05) is 19.1 Å². The molecule has 0 fully saturated rings. The first kappa shape index (κ1) is 16.5. The summed E-state index contributed by atoms with van der Waals surface area (Å²) in [4.78, 5) is 14.5. The Bertz CT molecular complexity index is 407. The van der Waals surface area contributed by atoms with Gasteiger partial charge in [0.15, 0.2) is 5.78 Å². The van der Waals surface area contributed by atoms with Gasteiger partial charge in [-0.15, -0.1) is 0 Å². The summed E-state index contributed by atoms with van der Waals surface area (Å²) in [5, 5.41) is 0.658. The van der Waals surface area contributed by atoms with Crippen molar-refractivity contribution in [2.24, 2.45) is 0 Å². The van der Waals surface area contributed by atoms with Crippen molar-refractivity contribution in [1.29, 1.82) is 0 Å². The van der Waals surface area contributed by atoms with Gasteiger partial charge >= 0.3 is 0 Å². The number of carbonyl (C=O) groups excluding carboxylic acids is 1. The van der Waals surface area contributed by atoms with Crippen LogP contribution in [0.5, 0.6) is 0 Å². The van der Waals surface area contributed by atoms with Gasteiger partial charge < -0.3 is 0 Å². The molecule has 1 aromatic carbocycles. The third-order valence-electron chi connectivity index (χ3n) is 3.55. The van der Waals surface area contributed by atoms with Crippen LogP contribution in [0.2, 0.25) is 5.02 Å². The van der Waals surface area contributed by atoms with Crippen LogP contribution in [0.1, 0.15) is 30.6 Å². The van der Waals surface area contributed by atoms with E-state index in [1.54, 1.807) is 24.3 Å². The normalized spacial score (nSPS) is 14.4. The number of ketones is 1. The molecular formula is C15H22ClNOS. The minimum absolute atomic E-state index is 0.113. The largest absolute Gasteiger partial charge is 0.294 e. The maximum Gasteiger partial charge on any atom is 0.179 e. The molecule has 0 bridgehead atoms. The molecule has 0 radical (unpaired) electrons. The summed E-state index contributed by atoms with van der Waals surface area (Å²) in [6, 6.07) is 7.40. The third-order valence-corrected chi connectivity index (χ3v) is 4.45. The molecule has 0 aliphatic carbocycles. The maximum absolute atomic E-state index is 12.4. The van der Waals surface area contributed by atoms with Crippen molar-refractivity contribution in [2.45, 2.75) is 32.4 Å². The van der Waals surface area contributed by atoms with Crippen molar-refractivity contribution in [3.8, 4) is 0 Å². The number of benzene rings is 1. The second kappa shape index (κ2) is 7.93. The number of thioether (sulfide) groups is 1. The molecule has 2 nitrogen and oxygen atoms in total. The van der Waals surface area contributed by atoms with Crippen molar-refractivity contribution >= 4 is 29.1 Å². The van der Waals surface area contributed by atoms with Crippen LogP contribution in [0.15, 0.2) is 24.3 Å². The maximum atomic E-state index is 12.4. The molecule has 0 spiro atoms. The zero-order chi connectivity index (χ0) is 14.4. The predicted molar refractivity (Wildman–Crippen MR) is 85.5 cm³/mol. The monoisotopic (exact) mass is 299 g/mol. The lowest BCUT2D eigenvalue weighted by atomic mass is 10.0. The highest BCUT2D eigenvalue weighted by molar-refractivity contribution is 7.98. The molecule has 0 aliphatic rings. The molecule has 0 amide bonds. The third kappa shape index (κ3) is 4.83. The number of rotatable bonds is 7. The average Bonchev–Trinajstić information content (AvgIpc) is 2.43. The average molecular weight is 300 g/mol. The molecule has 19 heavy (non-hydrogen) atoms. The lowest BCUT2D eigenvalue weighted by Crippen LogP contribution is -2.42. The van der Waals surface area contributed by atoms with Crippen LogP contribution in [0.3, 0.4) is 0 Å². The number of nitrogens with zero attached hydrogens (tertiary/aromatic N) is 1. The molecule has 1 rings (SSSR count). The van der Waals surface area contributed by atoms with Crippen molar-refractivity contribution < 1.29 is 4.79 Å². The van der Waals surface area contributed by atoms with E-state index in [1.165, 1.54) is 0 Å². The fourth-order valence-electron chi connectivity index (χ4n) is 1.91. The minimum atomic E-state index is -0.113. The van der Waals surface area contributed by atoms with Crippen molar-refractivity contribution in [3.05, 3.63) is 34.9 Å². The molecular weight excluding hydrogens is 278 g/mol. The van der Waals surface area contributed by atoms with Crippen LogP contribution in [0.4, 0.5) is 0 Å². The first-order valence-corrected chi connectivity index (χ1v) is 8.25. The van der Waals surface area contributed by atoms with Gasteiger partial charge in [0.2, 0.25) is 0 Å². The van der Waals surface area contributed by atoms with E-state index in [2.05, 4.69) is 18.1 Å². The van der Waals surface area contributed by atoms with Crippen LogP contribution in [-0.2, 0) is 0 Å². The standard InChI is InChI=1S/C15H22ClNOS/c1-11(9-10-19-4)17(3)12(2)15(18)13-5-7-14(16)8-6-13/h5-8,11-12H,9-10H2,1-4H3. The Morgan fingerprint density at radius 3 is 2.42 bits per heavy atom. The van der Waals surface area contributed by atoms with E-state index in [9.17, 15) is 4.79 Å². The fourth-order valence-corrected chi connectivity index (χ4v) is 2.62. The number of Topliss-reactive ketones (excluding diaryl/α,β-unsaturated/α-hetero) is 1. The van der Waals surface area contributed by atoms with Gasteiger partial charge in [0.05, 0.1) is 6.04 Å². The number of halogens is 1. The Morgan fingerprint density at radius 2 is 1.89 bits per heavy atom. The summed E-state index contributed by atoms with van der Waals surface area (Å²) < 4.78 is 0. The van der Waals surface area contributed by atoms with Gasteiger partial charge in [-0.2, -0.15) is 11.8 Å². The summed E-state index contributed by atoms with van der Waals surface area (Å²) in [6.45, 7) is 4.13. The minimum Gasteiger partial charge on any atom is -0.294 e. The van der Waals surface area contributed by atoms with Crippen LogP contribution < -0.4 is 0 Å². The first-order valence-electron chi connectivity index (χ1n) is 6.48. The molecule has 0 aromatic heterocycles. The second-order valence-corrected chi connectivity index (χ2v) is 6.27. The first-order chi connectivity index (χ1) is 8.97. The molecule has 0 aliphatic heterocycles. The number of hydrogen-bond donors (Lipinski definition) is 0. The van der Waals surface area contributed by atoms with E-state index in [0.29, 0.717) is 11.1 Å². The van der Waals surface area contributed by atoms with Gasteiger partial charge in [-0.3, -0.25) is 9.69 Å². The Balaban J connectivity index is 2.68. The Hall–Kier alpha value is -0.510. The van der Waals surface area contributed by atoms with Crippen molar-refractivity contribution in [1.82, 2.24) is 4.90 Å². The van der Waals surface area contributed by atoms with Gasteiger partial charge in [0, 0.05) is 16.6 Å². The van der Waals surface area contributed by atoms with E-state index in [4.69, 9.17) is 11.6 Å². The number of carbonyl (C=O) groups is 1. The molecule has 4 heteroatoms.